The van der Waals surface area contributed by atoms with Crippen molar-refractivity contribution in [1.82, 2.24) is 0 Å². The van der Waals surface area contributed by atoms with E-state index in [1.165, 1.54) is 30.7 Å². The molecular formula is C12H7F3O2. The van der Waals surface area contributed by atoms with Gasteiger partial charge in [-0.15, -0.1) is 0 Å². The van der Waals surface area contributed by atoms with Gasteiger partial charge in [0.05, 0.1) is 17.4 Å². The van der Waals surface area contributed by atoms with E-state index in [2.05, 4.69) is 0 Å². The van der Waals surface area contributed by atoms with Gasteiger partial charge in [-0.3, -0.25) is 4.79 Å². The van der Waals surface area contributed by atoms with Gasteiger partial charge in [0.15, 0.2) is 5.78 Å². The maximum Gasteiger partial charge on any atom is 0.416 e. The summed E-state index contributed by atoms with van der Waals surface area (Å²) in [6, 6.07) is 5.70. The summed E-state index contributed by atoms with van der Waals surface area (Å²) in [6.07, 6.45) is -1.96. The summed E-state index contributed by atoms with van der Waals surface area (Å²) in [5.41, 5.74) is -0.627. The second-order valence-electron chi connectivity index (χ2n) is 3.42. The molecule has 0 amide bonds. The maximum absolute atomic E-state index is 12.4. The van der Waals surface area contributed by atoms with Crippen LogP contribution in [0.15, 0.2) is 47.3 Å². The molecule has 0 aliphatic rings. The van der Waals surface area contributed by atoms with E-state index in [0.717, 1.165) is 12.1 Å². The fraction of sp³-hybridized carbons (Fsp3) is 0.0833. The molecule has 17 heavy (non-hydrogen) atoms. The lowest BCUT2D eigenvalue weighted by Crippen LogP contribution is -2.07. The topological polar surface area (TPSA) is 30.2 Å². The fourth-order valence-electron chi connectivity index (χ4n) is 1.40. The lowest BCUT2D eigenvalue weighted by molar-refractivity contribution is -0.137. The number of carbonyl (C=O) groups excluding carboxylic acids is 1. The summed E-state index contributed by atoms with van der Waals surface area (Å²) in [5.74, 6) is -0.496. The average molecular weight is 240 g/mol. The molecule has 0 bridgehead atoms. The minimum Gasteiger partial charge on any atom is -0.472 e. The number of furan rings is 1. The Bertz CT molecular complexity index is 527. The summed E-state index contributed by atoms with van der Waals surface area (Å²) in [4.78, 5) is 11.8. The lowest BCUT2D eigenvalue weighted by atomic mass is 10.0. The number of ketones is 1. The van der Waals surface area contributed by atoms with E-state index in [9.17, 15) is 18.0 Å². The third kappa shape index (κ3) is 2.38. The minimum absolute atomic E-state index is 0.0128. The summed E-state index contributed by atoms with van der Waals surface area (Å²) < 4.78 is 42.0. The molecule has 0 radical (unpaired) electrons. The quantitative estimate of drug-likeness (QED) is 0.751. The van der Waals surface area contributed by atoms with Crippen molar-refractivity contribution < 1.29 is 22.4 Å². The molecule has 2 nitrogen and oxygen atoms in total. The monoisotopic (exact) mass is 240 g/mol. The van der Waals surface area contributed by atoms with Crippen LogP contribution >= 0.6 is 0 Å². The molecule has 0 saturated heterocycles. The minimum atomic E-state index is -4.45. The third-order valence-electron chi connectivity index (χ3n) is 2.24. The molecule has 0 spiro atoms. The second kappa shape index (κ2) is 4.08. The molecule has 0 N–H and O–H groups in total. The van der Waals surface area contributed by atoms with E-state index in [0.29, 0.717) is 0 Å². The number of alkyl halides is 3. The first-order valence-corrected chi connectivity index (χ1v) is 4.72. The summed E-state index contributed by atoms with van der Waals surface area (Å²) in [7, 11) is 0. The van der Waals surface area contributed by atoms with Crippen molar-refractivity contribution in [2.24, 2.45) is 0 Å². The van der Waals surface area contributed by atoms with E-state index in [1.54, 1.807) is 0 Å². The molecule has 1 aromatic heterocycles. The maximum atomic E-state index is 12.4. The molecule has 2 aromatic rings. The number of hydrogen-bond acceptors (Lipinski definition) is 2. The number of rotatable bonds is 2. The van der Waals surface area contributed by atoms with Gasteiger partial charge in [-0.2, -0.15) is 13.2 Å². The Morgan fingerprint density at radius 1 is 1.12 bits per heavy atom. The van der Waals surface area contributed by atoms with Crippen LogP contribution in [0, 0.1) is 0 Å². The van der Waals surface area contributed by atoms with E-state index < -0.39 is 17.5 Å². The van der Waals surface area contributed by atoms with Crippen LogP contribution in [0.25, 0.3) is 0 Å². The van der Waals surface area contributed by atoms with Crippen LogP contribution in [0.3, 0.4) is 0 Å². The molecule has 0 aliphatic carbocycles. The molecule has 0 unspecified atom stereocenters. The van der Waals surface area contributed by atoms with Crippen LogP contribution in [0.5, 0.6) is 0 Å². The Hall–Kier alpha value is -2.04. The SMILES string of the molecule is O=C(c1ccoc1)c1cccc(C(F)(F)F)c1. The van der Waals surface area contributed by atoms with Gasteiger partial charge in [-0.05, 0) is 18.2 Å². The molecule has 2 rings (SSSR count). The normalized spacial score (nSPS) is 11.5. The van der Waals surface area contributed by atoms with Gasteiger partial charge in [-0.25, -0.2) is 0 Å². The molecule has 0 saturated carbocycles. The van der Waals surface area contributed by atoms with E-state index >= 15 is 0 Å². The zero-order valence-corrected chi connectivity index (χ0v) is 8.49. The summed E-state index contributed by atoms with van der Waals surface area (Å²) >= 11 is 0. The predicted octanol–water partition coefficient (Wildman–Crippen LogP) is 3.53. The van der Waals surface area contributed by atoms with Crippen LogP contribution in [-0.2, 0) is 6.18 Å². The Kier molecular flexibility index (Phi) is 2.75. The number of hydrogen-bond donors (Lipinski definition) is 0. The van der Waals surface area contributed by atoms with Crippen molar-refractivity contribution in [3.05, 3.63) is 59.5 Å². The van der Waals surface area contributed by atoms with E-state index in [1.807, 2.05) is 0 Å². The van der Waals surface area contributed by atoms with Crippen molar-refractivity contribution in [3.63, 3.8) is 0 Å². The highest BCUT2D eigenvalue weighted by atomic mass is 19.4. The van der Waals surface area contributed by atoms with Crippen LogP contribution in [0.2, 0.25) is 0 Å². The van der Waals surface area contributed by atoms with Gasteiger partial charge in [-0.1, -0.05) is 12.1 Å². The molecule has 0 atom stereocenters. The van der Waals surface area contributed by atoms with Gasteiger partial charge in [0, 0.05) is 5.56 Å². The van der Waals surface area contributed by atoms with Gasteiger partial charge >= 0.3 is 6.18 Å². The Morgan fingerprint density at radius 2 is 1.88 bits per heavy atom. The number of benzene rings is 1. The van der Waals surface area contributed by atoms with Gasteiger partial charge in [0.2, 0.25) is 0 Å². The smallest absolute Gasteiger partial charge is 0.416 e. The summed E-state index contributed by atoms with van der Waals surface area (Å²) in [6.45, 7) is 0. The lowest BCUT2D eigenvalue weighted by Gasteiger charge is -2.07. The van der Waals surface area contributed by atoms with Crippen molar-refractivity contribution in [3.8, 4) is 0 Å². The first kappa shape index (κ1) is 11.4. The highest BCUT2D eigenvalue weighted by Crippen LogP contribution is 2.29. The number of carbonyl (C=O) groups is 1. The molecule has 88 valence electrons. The first-order chi connectivity index (χ1) is 7.98. The van der Waals surface area contributed by atoms with E-state index in [4.69, 9.17) is 4.42 Å². The zero-order chi connectivity index (χ0) is 12.5. The highest BCUT2D eigenvalue weighted by Gasteiger charge is 2.30. The molecule has 0 aliphatic heterocycles. The van der Waals surface area contributed by atoms with Crippen molar-refractivity contribution >= 4 is 5.78 Å². The van der Waals surface area contributed by atoms with Crippen LogP contribution in [-0.4, -0.2) is 5.78 Å². The van der Waals surface area contributed by atoms with Gasteiger partial charge < -0.3 is 4.42 Å². The average Bonchev–Trinajstić information content (AvgIpc) is 2.80. The standard InChI is InChI=1S/C12H7F3O2/c13-12(14,15)10-3-1-2-8(6-10)11(16)9-4-5-17-7-9/h1-7H. The first-order valence-electron chi connectivity index (χ1n) is 4.72. The van der Waals surface area contributed by atoms with Crippen LogP contribution < -0.4 is 0 Å². The largest absolute Gasteiger partial charge is 0.472 e. The zero-order valence-electron chi connectivity index (χ0n) is 8.49. The Labute approximate surface area is 94.7 Å². The van der Waals surface area contributed by atoms with Crippen LogP contribution in [0.4, 0.5) is 13.2 Å². The van der Waals surface area contributed by atoms with Gasteiger partial charge in [0.25, 0.3) is 0 Å². The van der Waals surface area contributed by atoms with Crippen LogP contribution in [0.1, 0.15) is 21.5 Å². The van der Waals surface area contributed by atoms with E-state index in [-0.39, 0.29) is 11.1 Å². The fourth-order valence-corrected chi connectivity index (χ4v) is 1.40. The highest BCUT2D eigenvalue weighted by molar-refractivity contribution is 6.08. The molecule has 5 heteroatoms. The molecule has 0 fully saturated rings. The molecular weight excluding hydrogens is 233 g/mol. The molecule has 1 aromatic carbocycles. The Morgan fingerprint density at radius 3 is 2.47 bits per heavy atom. The van der Waals surface area contributed by atoms with Gasteiger partial charge in [0.1, 0.15) is 6.26 Å². The predicted molar refractivity (Wildman–Crippen MR) is 53.6 cm³/mol. The molecule has 1 heterocycles. The Balaban J connectivity index is 2.38. The van der Waals surface area contributed by atoms with Crippen molar-refractivity contribution in [2.75, 3.05) is 0 Å². The van der Waals surface area contributed by atoms with Crippen molar-refractivity contribution in [1.29, 1.82) is 0 Å². The number of halogens is 3. The second-order valence-corrected chi connectivity index (χ2v) is 3.42. The summed E-state index contributed by atoms with van der Waals surface area (Å²) in [5, 5.41) is 0. The van der Waals surface area contributed by atoms with Crippen molar-refractivity contribution in [2.45, 2.75) is 6.18 Å². The third-order valence-corrected chi connectivity index (χ3v) is 2.24.